The molecule has 0 spiro atoms. The maximum atomic E-state index is 3.61. The molecule has 2 heteroatoms. The summed E-state index contributed by atoms with van der Waals surface area (Å²) >= 11 is 1.90. The molecular formula is C15H21NS. The molecule has 1 aromatic rings. The molecule has 1 nitrogen and oxygen atoms in total. The molecule has 1 aromatic heterocycles. The molecule has 0 amide bonds. The highest BCUT2D eigenvalue weighted by Crippen LogP contribution is 2.72. The van der Waals surface area contributed by atoms with E-state index < -0.39 is 0 Å². The molecule has 3 aliphatic carbocycles. The highest BCUT2D eigenvalue weighted by atomic mass is 32.1. The molecule has 5 unspecified atom stereocenters. The van der Waals surface area contributed by atoms with Crippen molar-refractivity contribution in [3.63, 3.8) is 0 Å². The molecule has 5 atom stereocenters. The number of thiophene rings is 1. The van der Waals surface area contributed by atoms with Gasteiger partial charge in [-0.25, -0.2) is 0 Å². The first-order valence-electron chi connectivity index (χ1n) is 7.02. The number of fused-ring (bicyclic) bond motifs is 5. The van der Waals surface area contributed by atoms with Crippen LogP contribution >= 0.6 is 11.3 Å². The lowest BCUT2D eigenvalue weighted by molar-refractivity contribution is 0.385. The molecule has 2 bridgehead atoms. The first kappa shape index (κ1) is 10.6. The first-order chi connectivity index (χ1) is 8.31. The van der Waals surface area contributed by atoms with Crippen molar-refractivity contribution in [2.45, 2.75) is 32.2 Å². The van der Waals surface area contributed by atoms with Crippen LogP contribution in [0.1, 0.15) is 35.7 Å². The van der Waals surface area contributed by atoms with Crippen LogP contribution in [-0.2, 0) is 0 Å². The van der Waals surface area contributed by atoms with Crippen molar-refractivity contribution in [2.75, 3.05) is 7.05 Å². The number of rotatable bonds is 3. The highest BCUT2D eigenvalue weighted by Gasteiger charge is 2.66. The van der Waals surface area contributed by atoms with Gasteiger partial charge in [0, 0.05) is 10.9 Å². The van der Waals surface area contributed by atoms with Gasteiger partial charge in [0.2, 0.25) is 0 Å². The zero-order chi connectivity index (χ0) is 11.6. The number of hydrogen-bond acceptors (Lipinski definition) is 2. The quantitative estimate of drug-likeness (QED) is 0.860. The van der Waals surface area contributed by atoms with Crippen molar-refractivity contribution in [1.82, 2.24) is 5.32 Å². The topological polar surface area (TPSA) is 12.0 Å². The van der Waals surface area contributed by atoms with Gasteiger partial charge in [0.25, 0.3) is 0 Å². The summed E-state index contributed by atoms with van der Waals surface area (Å²) in [4.78, 5) is 1.52. The predicted molar refractivity (Wildman–Crippen MR) is 72.2 cm³/mol. The maximum Gasteiger partial charge on any atom is 0.0362 e. The Bertz CT molecular complexity index is 422. The maximum absolute atomic E-state index is 3.61. The highest BCUT2D eigenvalue weighted by molar-refractivity contribution is 7.10. The van der Waals surface area contributed by atoms with Gasteiger partial charge in [-0.3, -0.25) is 0 Å². The van der Waals surface area contributed by atoms with Gasteiger partial charge in [-0.15, -0.1) is 11.3 Å². The van der Waals surface area contributed by atoms with Crippen LogP contribution in [0.3, 0.4) is 0 Å². The molecule has 1 heterocycles. The van der Waals surface area contributed by atoms with Gasteiger partial charge in [0.15, 0.2) is 0 Å². The minimum Gasteiger partial charge on any atom is -0.313 e. The Labute approximate surface area is 108 Å². The second-order valence-corrected chi connectivity index (χ2v) is 7.38. The minimum absolute atomic E-state index is 0.639. The fraction of sp³-hybridized carbons (Fsp3) is 0.733. The molecule has 3 fully saturated rings. The Kier molecular flexibility index (Phi) is 2.23. The van der Waals surface area contributed by atoms with Crippen LogP contribution in [-0.4, -0.2) is 7.05 Å². The van der Waals surface area contributed by atoms with Crippen LogP contribution in [0.25, 0.3) is 0 Å². The fourth-order valence-electron chi connectivity index (χ4n) is 5.11. The summed E-state index contributed by atoms with van der Waals surface area (Å²) < 4.78 is 0. The Morgan fingerprint density at radius 2 is 2.00 bits per heavy atom. The van der Waals surface area contributed by atoms with E-state index in [1.165, 1.54) is 17.7 Å². The Morgan fingerprint density at radius 3 is 2.53 bits per heavy atom. The van der Waals surface area contributed by atoms with E-state index in [9.17, 15) is 0 Å². The average Bonchev–Trinajstić information content (AvgIpc) is 2.72. The molecule has 0 saturated heterocycles. The standard InChI is InChI=1S/C15H21NS/c1-8-11(5-6-17-8)15(16-2)14-12-9-3-4-10(7-9)13(12)14/h5-6,9-10,12-16H,3-4,7H2,1-2H3. The molecule has 4 rings (SSSR count). The van der Waals surface area contributed by atoms with E-state index in [0.29, 0.717) is 6.04 Å². The molecule has 1 N–H and O–H groups in total. The average molecular weight is 247 g/mol. The lowest BCUT2D eigenvalue weighted by Gasteiger charge is -2.20. The van der Waals surface area contributed by atoms with Crippen molar-refractivity contribution >= 4 is 11.3 Å². The predicted octanol–water partition coefficient (Wildman–Crippen LogP) is 3.61. The van der Waals surface area contributed by atoms with E-state index in [4.69, 9.17) is 0 Å². The Morgan fingerprint density at radius 1 is 1.29 bits per heavy atom. The zero-order valence-corrected chi connectivity index (χ0v) is 11.5. The van der Waals surface area contributed by atoms with Crippen molar-refractivity contribution in [3.8, 4) is 0 Å². The van der Waals surface area contributed by atoms with Crippen LogP contribution < -0.4 is 5.32 Å². The van der Waals surface area contributed by atoms with Crippen LogP contribution in [0, 0.1) is 36.5 Å². The molecule has 0 aliphatic heterocycles. The SMILES string of the molecule is CNC(c1ccsc1C)C1C2C3CCC(C3)C21. The third kappa shape index (κ3) is 1.34. The summed E-state index contributed by atoms with van der Waals surface area (Å²) in [6.07, 6.45) is 4.62. The third-order valence-electron chi connectivity index (χ3n) is 5.72. The first-order valence-corrected chi connectivity index (χ1v) is 7.90. The summed E-state index contributed by atoms with van der Waals surface area (Å²) in [5.74, 6) is 5.28. The van der Waals surface area contributed by atoms with Crippen molar-refractivity contribution in [2.24, 2.45) is 29.6 Å². The molecule has 0 radical (unpaired) electrons. The van der Waals surface area contributed by atoms with E-state index in [1.807, 2.05) is 11.3 Å². The van der Waals surface area contributed by atoms with Gasteiger partial charge in [-0.1, -0.05) is 0 Å². The van der Waals surface area contributed by atoms with Gasteiger partial charge in [-0.2, -0.15) is 0 Å². The molecular weight excluding hydrogens is 226 g/mol. The van der Waals surface area contributed by atoms with Crippen LogP contribution in [0.4, 0.5) is 0 Å². The zero-order valence-electron chi connectivity index (χ0n) is 10.6. The van der Waals surface area contributed by atoms with Gasteiger partial charge in [-0.05, 0) is 79.8 Å². The number of hydrogen-bond donors (Lipinski definition) is 1. The Hall–Kier alpha value is -0.340. The molecule has 17 heavy (non-hydrogen) atoms. The second kappa shape index (κ2) is 3.58. The summed E-state index contributed by atoms with van der Waals surface area (Å²) in [6.45, 7) is 2.27. The van der Waals surface area contributed by atoms with Crippen molar-refractivity contribution in [3.05, 3.63) is 21.9 Å². The lowest BCUT2D eigenvalue weighted by Crippen LogP contribution is -2.22. The largest absolute Gasteiger partial charge is 0.313 e. The van der Waals surface area contributed by atoms with E-state index in [0.717, 1.165) is 29.6 Å². The van der Waals surface area contributed by atoms with Gasteiger partial charge >= 0.3 is 0 Å². The van der Waals surface area contributed by atoms with Crippen molar-refractivity contribution < 1.29 is 0 Å². The molecule has 0 aromatic carbocycles. The van der Waals surface area contributed by atoms with E-state index in [-0.39, 0.29) is 0 Å². The molecule has 3 saturated carbocycles. The van der Waals surface area contributed by atoms with Gasteiger partial charge in [0.05, 0.1) is 0 Å². The number of aryl methyl sites for hydroxylation is 1. The minimum atomic E-state index is 0.639. The molecule has 92 valence electrons. The van der Waals surface area contributed by atoms with Crippen LogP contribution in [0.2, 0.25) is 0 Å². The second-order valence-electron chi connectivity index (χ2n) is 6.26. The summed E-state index contributed by atoms with van der Waals surface area (Å²) in [6, 6.07) is 2.98. The molecule has 3 aliphatic rings. The van der Waals surface area contributed by atoms with Crippen molar-refractivity contribution in [1.29, 1.82) is 0 Å². The smallest absolute Gasteiger partial charge is 0.0362 e. The normalized spacial score (nSPS) is 43.8. The lowest BCUT2D eigenvalue weighted by atomic mass is 9.93. The van der Waals surface area contributed by atoms with E-state index in [2.05, 4.69) is 30.7 Å². The summed E-state index contributed by atoms with van der Waals surface area (Å²) in [5, 5.41) is 5.86. The van der Waals surface area contributed by atoms with Crippen LogP contribution in [0.15, 0.2) is 11.4 Å². The van der Waals surface area contributed by atoms with Crippen LogP contribution in [0.5, 0.6) is 0 Å². The van der Waals surface area contributed by atoms with Gasteiger partial charge < -0.3 is 5.32 Å². The summed E-state index contributed by atoms with van der Waals surface area (Å²) in [5.41, 5.74) is 1.58. The Balaban J connectivity index is 1.61. The van der Waals surface area contributed by atoms with Gasteiger partial charge in [0.1, 0.15) is 0 Å². The number of nitrogens with one attached hydrogen (secondary N) is 1. The fourth-order valence-corrected chi connectivity index (χ4v) is 5.86. The summed E-state index contributed by atoms with van der Waals surface area (Å²) in [7, 11) is 2.15. The third-order valence-corrected chi connectivity index (χ3v) is 6.59. The van der Waals surface area contributed by atoms with E-state index in [1.54, 1.807) is 12.0 Å². The van der Waals surface area contributed by atoms with E-state index >= 15 is 0 Å². The monoisotopic (exact) mass is 247 g/mol.